The van der Waals surface area contributed by atoms with Gasteiger partial charge in [-0.05, 0) is 48.3 Å². The maximum atomic E-state index is 5.57. The van der Waals surface area contributed by atoms with E-state index in [1.54, 1.807) is 6.20 Å². The molecule has 0 aromatic carbocycles. The molecule has 0 N–H and O–H groups in total. The number of halogens is 1. The van der Waals surface area contributed by atoms with Gasteiger partial charge in [0.1, 0.15) is 0 Å². The molecule has 1 aromatic rings. The van der Waals surface area contributed by atoms with Crippen LogP contribution < -0.4 is 4.74 Å². The van der Waals surface area contributed by atoms with Crippen molar-refractivity contribution in [1.82, 2.24) is 4.98 Å². The van der Waals surface area contributed by atoms with Crippen LogP contribution in [0.2, 0.25) is 0 Å². The van der Waals surface area contributed by atoms with Crippen LogP contribution in [0, 0.1) is 19.3 Å². The molecule has 0 fully saturated rings. The molecule has 0 atom stereocenters. The number of hydrogen-bond donors (Lipinski definition) is 0. The molecule has 14 heavy (non-hydrogen) atoms. The quantitative estimate of drug-likeness (QED) is 0.757. The number of nitrogens with zero attached hydrogens (tertiary/aromatic N) is 1. The number of ether oxygens (including phenoxy) is 1. The molecular weight excluding hydrogens is 242 g/mol. The van der Waals surface area contributed by atoms with E-state index in [4.69, 9.17) is 11.2 Å². The Morgan fingerprint density at radius 1 is 1.57 bits per heavy atom. The second-order valence-corrected chi connectivity index (χ2v) is 4.30. The van der Waals surface area contributed by atoms with E-state index in [-0.39, 0.29) is 0 Å². The van der Waals surface area contributed by atoms with Crippen LogP contribution in [-0.4, -0.2) is 10.6 Å². The van der Waals surface area contributed by atoms with Crippen LogP contribution in [-0.2, 0) is 0 Å². The number of aromatic nitrogens is 1. The summed E-state index contributed by atoms with van der Waals surface area (Å²) in [4.78, 5) is 4.11. The summed E-state index contributed by atoms with van der Waals surface area (Å²) in [5, 5.41) is 0. The van der Waals surface area contributed by atoms with Crippen LogP contribution >= 0.6 is 15.9 Å². The first-order valence-corrected chi connectivity index (χ1v) is 5.03. The van der Waals surface area contributed by atoms with Crippen molar-refractivity contribution in [1.29, 1.82) is 0 Å². The Morgan fingerprint density at radius 3 is 2.79 bits per heavy atom. The van der Waals surface area contributed by atoms with Crippen molar-refractivity contribution < 1.29 is 4.74 Å². The lowest BCUT2D eigenvalue weighted by molar-refractivity contribution is 0.163. The summed E-state index contributed by atoms with van der Waals surface area (Å²) in [6.07, 6.45) is 7.02. The highest BCUT2D eigenvalue weighted by Crippen LogP contribution is 2.28. The van der Waals surface area contributed by atoms with Crippen LogP contribution in [0.1, 0.15) is 19.4 Å². The van der Waals surface area contributed by atoms with Crippen LogP contribution in [0.5, 0.6) is 5.88 Å². The maximum Gasteiger partial charge on any atom is 0.229 e. The van der Waals surface area contributed by atoms with Gasteiger partial charge in [0.15, 0.2) is 5.60 Å². The standard InChI is InChI=1S/C11H12BrNO/c1-5-11(3,4)14-10-9(12)8(2)6-7-13-10/h1,6-7H,2-4H3. The molecule has 0 unspecified atom stereocenters. The number of hydrogen-bond acceptors (Lipinski definition) is 2. The van der Waals surface area contributed by atoms with E-state index in [1.165, 1.54) is 0 Å². The van der Waals surface area contributed by atoms with Crippen LogP contribution in [0.15, 0.2) is 16.7 Å². The monoisotopic (exact) mass is 253 g/mol. The SMILES string of the molecule is C#CC(C)(C)Oc1nccc(C)c1Br. The second-order valence-electron chi connectivity index (χ2n) is 3.50. The van der Waals surface area contributed by atoms with E-state index >= 15 is 0 Å². The fourth-order valence-corrected chi connectivity index (χ4v) is 1.17. The second kappa shape index (κ2) is 4.02. The highest BCUT2D eigenvalue weighted by molar-refractivity contribution is 9.10. The Morgan fingerprint density at radius 2 is 2.21 bits per heavy atom. The fraction of sp³-hybridized carbons (Fsp3) is 0.364. The molecule has 2 nitrogen and oxygen atoms in total. The third-order valence-electron chi connectivity index (χ3n) is 1.75. The Kier molecular flexibility index (Phi) is 3.17. The van der Waals surface area contributed by atoms with Crippen LogP contribution in [0.3, 0.4) is 0 Å². The Bertz CT molecular complexity index is 379. The molecule has 1 aromatic heterocycles. The third kappa shape index (κ3) is 2.49. The van der Waals surface area contributed by atoms with Crippen molar-refractivity contribution in [3.8, 4) is 18.2 Å². The molecule has 0 spiro atoms. The molecule has 1 rings (SSSR count). The van der Waals surface area contributed by atoms with Gasteiger partial charge in [0.2, 0.25) is 5.88 Å². The highest BCUT2D eigenvalue weighted by atomic mass is 79.9. The molecule has 0 aliphatic heterocycles. The summed E-state index contributed by atoms with van der Waals surface area (Å²) >= 11 is 3.41. The van der Waals surface area contributed by atoms with E-state index in [1.807, 2.05) is 26.8 Å². The molecule has 0 saturated heterocycles. The molecule has 0 bridgehead atoms. The zero-order chi connectivity index (χ0) is 10.8. The van der Waals surface area contributed by atoms with Crippen molar-refractivity contribution in [3.63, 3.8) is 0 Å². The lowest BCUT2D eigenvalue weighted by Gasteiger charge is -2.20. The maximum absolute atomic E-state index is 5.57. The zero-order valence-corrected chi connectivity index (χ0v) is 10.1. The van der Waals surface area contributed by atoms with Gasteiger partial charge in [-0.1, -0.05) is 5.92 Å². The van der Waals surface area contributed by atoms with Crippen molar-refractivity contribution in [2.75, 3.05) is 0 Å². The van der Waals surface area contributed by atoms with Crippen molar-refractivity contribution in [2.45, 2.75) is 26.4 Å². The predicted molar refractivity (Wildman–Crippen MR) is 60.2 cm³/mol. The molecule has 0 radical (unpaired) electrons. The van der Waals surface area contributed by atoms with Crippen LogP contribution in [0.4, 0.5) is 0 Å². The first-order chi connectivity index (χ1) is 6.46. The van der Waals surface area contributed by atoms with Crippen LogP contribution in [0.25, 0.3) is 0 Å². The average molecular weight is 254 g/mol. The van der Waals surface area contributed by atoms with Gasteiger partial charge in [0.05, 0.1) is 4.47 Å². The summed E-state index contributed by atoms with van der Waals surface area (Å²) in [5.41, 5.74) is 0.436. The minimum absolute atomic E-state index is 0.535. The van der Waals surface area contributed by atoms with Gasteiger partial charge >= 0.3 is 0 Å². The van der Waals surface area contributed by atoms with Crippen molar-refractivity contribution in [2.24, 2.45) is 0 Å². The zero-order valence-electron chi connectivity index (χ0n) is 8.47. The summed E-state index contributed by atoms with van der Waals surface area (Å²) in [5.74, 6) is 3.09. The first-order valence-electron chi connectivity index (χ1n) is 4.24. The molecular formula is C11H12BrNO. The number of pyridine rings is 1. The molecule has 0 aliphatic rings. The number of rotatable bonds is 2. The largest absolute Gasteiger partial charge is 0.458 e. The number of terminal acetylenes is 1. The molecule has 0 saturated carbocycles. The van der Waals surface area contributed by atoms with Crippen molar-refractivity contribution in [3.05, 3.63) is 22.3 Å². The minimum Gasteiger partial charge on any atom is -0.458 e. The first kappa shape index (κ1) is 11.1. The normalized spacial score (nSPS) is 10.8. The molecule has 3 heteroatoms. The van der Waals surface area contributed by atoms with Gasteiger partial charge < -0.3 is 4.74 Å². The highest BCUT2D eigenvalue weighted by Gasteiger charge is 2.18. The number of aryl methyl sites for hydroxylation is 1. The van der Waals surface area contributed by atoms with E-state index in [9.17, 15) is 0 Å². The summed E-state index contributed by atoms with van der Waals surface area (Å²) in [6, 6.07) is 1.90. The van der Waals surface area contributed by atoms with Gasteiger partial charge in [-0.25, -0.2) is 4.98 Å². The van der Waals surface area contributed by atoms with E-state index in [0.29, 0.717) is 5.88 Å². The molecule has 0 amide bonds. The lowest BCUT2D eigenvalue weighted by atomic mass is 10.1. The summed E-state index contributed by atoms with van der Waals surface area (Å²) in [6.45, 7) is 5.62. The molecule has 74 valence electrons. The molecule has 0 aliphatic carbocycles. The smallest absolute Gasteiger partial charge is 0.229 e. The van der Waals surface area contributed by atoms with Crippen molar-refractivity contribution >= 4 is 15.9 Å². The van der Waals surface area contributed by atoms with Gasteiger partial charge in [0, 0.05) is 6.20 Å². The summed E-state index contributed by atoms with van der Waals surface area (Å²) in [7, 11) is 0. The van der Waals surface area contributed by atoms with E-state index < -0.39 is 5.60 Å². The lowest BCUT2D eigenvalue weighted by Crippen LogP contribution is -2.26. The Labute approximate surface area is 92.8 Å². The fourth-order valence-electron chi connectivity index (χ4n) is 0.858. The Balaban J connectivity index is 3.00. The summed E-state index contributed by atoms with van der Waals surface area (Å²) < 4.78 is 6.42. The van der Waals surface area contributed by atoms with Gasteiger partial charge in [-0.15, -0.1) is 6.42 Å². The van der Waals surface area contributed by atoms with Gasteiger partial charge in [0.25, 0.3) is 0 Å². The topological polar surface area (TPSA) is 22.1 Å². The minimum atomic E-state index is -0.636. The van der Waals surface area contributed by atoms with E-state index in [0.717, 1.165) is 10.0 Å². The Hall–Kier alpha value is -1.01. The molecule has 1 heterocycles. The van der Waals surface area contributed by atoms with E-state index in [2.05, 4.69) is 26.8 Å². The average Bonchev–Trinajstić information content (AvgIpc) is 2.13. The third-order valence-corrected chi connectivity index (χ3v) is 2.71. The van der Waals surface area contributed by atoms with Gasteiger partial charge in [-0.2, -0.15) is 0 Å². The predicted octanol–water partition coefficient (Wildman–Crippen LogP) is 2.94. The van der Waals surface area contributed by atoms with Gasteiger partial charge in [-0.3, -0.25) is 0 Å².